The van der Waals surface area contributed by atoms with Crippen LogP contribution in [0.2, 0.25) is 0 Å². The molecule has 12 heteroatoms. The Labute approximate surface area is 222 Å². The minimum Gasteiger partial charge on any atom is -0.490 e. The van der Waals surface area contributed by atoms with Gasteiger partial charge in [0.2, 0.25) is 17.7 Å². The lowest BCUT2D eigenvalue weighted by atomic mass is 10.0. The van der Waals surface area contributed by atoms with E-state index in [0.717, 1.165) is 5.56 Å². The molecule has 0 aliphatic carbocycles. The highest BCUT2D eigenvalue weighted by Gasteiger charge is 2.29. The van der Waals surface area contributed by atoms with Gasteiger partial charge in [-0.1, -0.05) is 30.9 Å². The molecule has 38 heavy (non-hydrogen) atoms. The highest BCUT2D eigenvalue weighted by atomic mass is 16.5. The number of methoxy groups -OCH3 is 1. The van der Waals surface area contributed by atoms with Crippen LogP contribution in [0.3, 0.4) is 0 Å². The minimum atomic E-state index is -1.02. The molecule has 0 saturated heterocycles. The van der Waals surface area contributed by atoms with Crippen LogP contribution in [0.25, 0.3) is 0 Å². The topological polar surface area (TPSA) is 189 Å². The molecule has 3 amide bonds. The fourth-order valence-corrected chi connectivity index (χ4v) is 3.44. The average Bonchev–Trinajstić information content (AvgIpc) is 2.88. The second-order valence-electron chi connectivity index (χ2n) is 8.40. The quantitative estimate of drug-likeness (QED) is 0.0444. The number of ether oxygens (including phenoxy) is 2. The average molecular weight is 532 g/mol. The number of esters is 1. The first-order valence-corrected chi connectivity index (χ1v) is 12.1. The third-order valence-electron chi connectivity index (χ3n) is 5.26. The summed E-state index contributed by atoms with van der Waals surface area (Å²) in [4.78, 5) is 53.0. The Bertz CT molecular complexity index is 990. The number of hydrogen-bond acceptors (Lipinski definition) is 6. The van der Waals surface area contributed by atoms with Gasteiger partial charge in [-0.15, -0.1) is 6.58 Å². The Morgan fingerprint density at radius 3 is 2.16 bits per heavy atom. The Morgan fingerprint density at radius 1 is 0.974 bits per heavy atom. The van der Waals surface area contributed by atoms with Gasteiger partial charge in [0.25, 0.3) is 0 Å². The van der Waals surface area contributed by atoms with E-state index >= 15 is 0 Å². The van der Waals surface area contributed by atoms with Crippen LogP contribution in [0.15, 0.2) is 49.6 Å². The zero-order valence-electron chi connectivity index (χ0n) is 22.0. The molecule has 3 atom stereocenters. The number of amides is 3. The number of carbonyl (C=O) groups is 4. The molecule has 0 saturated carbocycles. The lowest BCUT2D eigenvalue weighted by molar-refractivity contribution is -0.459. The standard InChI is InChI=1S/C26H38N6O6/c1-5-8-21(25(36)37-4)32-23(34)20(9-7-14-29-26(27)28)31-24(35)22(30-17(3)33)16-18-10-12-19(13-11-18)38-15-6-2/h5-6,10-13,20-22H,1-2,7-9,14-16H2,3-4H3,(H,30,33)(H,31,35)(H,32,34)(H4,27,28,29)/p+1/t20-,21+,22+/m1/s1. The predicted molar refractivity (Wildman–Crippen MR) is 143 cm³/mol. The maximum Gasteiger partial charge on any atom is 0.338 e. The van der Waals surface area contributed by atoms with Gasteiger partial charge in [-0.3, -0.25) is 30.8 Å². The van der Waals surface area contributed by atoms with Crippen LogP contribution in [-0.4, -0.2) is 68.0 Å². The molecule has 1 rings (SSSR count). The molecular weight excluding hydrogens is 492 g/mol. The van der Waals surface area contributed by atoms with Crippen molar-refractivity contribution in [1.29, 1.82) is 0 Å². The third-order valence-corrected chi connectivity index (χ3v) is 5.26. The Hall–Kier alpha value is -4.35. The van der Waals surface area contributed by atoms with E-state index in [1.54, 1.807) is 30.3 Å². The van der Waals surface area contributed by atoms with Gasteiger partial charge in [0.15, 0.2) is 0 Å². The van der Waals surface area contributed by atoms with E-state index in [2.05, 4.69) is 34.1 Å². The fourth-order valence-electron chi connectivity index (χ4n) is 3.44. The first-order chi connectivity index (χ1) is 18.1. The highest BCUT2D eigenvalue weighted by Crippen LogP contribution is 2.14. The van der Waals surface area contributed by atoms with Crippen molar-refractivity contribution in [3.05, 3.63) is 55.1 Å². The smallest absolute Gasteiger partial charge is 0.338 e. The number of rotatable bonds is 17. The van der Waals surface area contributed by atoms with Crippen molar-refractivity contribution >= 4 is 29.7 Å². The molecule has 0 aliphatic rings. The van der Waals surface area contributed by atoms with Crippen molar-refractivity contribution in [2.75, 3.05) is 20.3 Å². The fraction of sp³-hybridized carbons (Fsp3) is 0.423. The van der Waals surface area contributed by atoms with Crippen molar-refractivity contribution in [2.24, 2.45) is 11.5 Å². The largest absolute Gasteiger partial charge is 0.490 e. The second-order valence-corrected chi connectivity index (χ2v) is 8.40. The molecule has 0 fully saturated rings. The normalized spacial score (nSPS) is 12.6. The zero-order valence-corrected chi connectivity index (χ0v) is 22.0. The van der Waals surface area contributed by atoms with Crippen LogP contribution < -0.4 is 37.1 Å². The van der Waals surface area contributed by atoms with Crippen LogP contribution in [0.4, 0.5) is 0 Å². The van der Waals surface area contributed by atoms with Gasteiger partial charge >= 0.3 is 11.9 Å². The first-order valence-electron chi connectivity index (χ1n) is 12.1. The summed E-state index contributed by atoms with van der Waals surface area (Å²) in [6.45, 7) is 9.20. The van der Waals surface area contributed by atoms with E-state index in [1.165, 1.54) is 20.1 Å². The van der Waals surface area contributed by atoms with Crippen LogP contribution >= 0.6 is 0 Å². The van der Waals surface area contributed by atoms with Crippen LogP contribution in [0.5, 0.6) is 5.75 Å². The second kappa shape index (κ2) is 17.2. The number of guanidine groups is 1. The van der Waals surface area contributed by atoms with Crippen LogP contribution in [0, 0.1) is 0 Å². The van der Waals surface area contributed by atoms with Gasteiger partial charge in [-0.05, 0) is 37.0 Å². The predicted octanol–water partition coefficient (Wildman–Crippen LogP) is -1.85. The van der Waals surface area contributed by atoms with Crippen LogP contribution in [-0.2, 0) is 30.3 Å². The van der Waals surface area contributed by atoms with Crippen molar-refractivity contribution < 1.29 is 33.6 Å². The van der Waals surface area contributed by atoms with E-state index in [1.807, 2.05) is 0 Å². The lowest BCUT2D eigenvalue weighted by Gasteiger charge is -2.24. The SMILES string of the molecule is C=CCOc1ccc(C[C@H](NC(C)=O)C(=O)N[C@H](CCC[NH+]=C(N)N)C(=O)N[C@@H](CC=C)C(=O)OC)cc1. The summed E-state index contributed by atoms with van der Waals surface area (Å²) in [5.41, 5.74) is 11.6. The van der Waals surface area contributed by atoms with Crippen molar-refractivity contribution in [2.45, 2.75) is 50.7 Å². The molecule has 0 aromatic heterocycles. The van der Waals surface area contributed by atoms with Crippen LogP contribution in [0.1, 0.15) is 31.7 Å². The molecule has 0 aliphatic heterocycles. The summed E-state index contributed by atoms with van der Waals surface area (Å²) >= 11 is 0. The van der Waals surface area contributed by atoms with Gasteiger partial charge in [0, 0.05) is 13.3 Å². The van der Waals surface area contributed by atoms with Gasteiger partial charge in [0.05, 0.1) is 13.7 Å². The van der Waals surface area contributed by atoms with Gasteiger partial charge in [0.1, 0.15) is 30.5 Å². The molecule has 0 spiro atoms. The summed E-state index contributed by atoms with van der Waals surface area (Å²) in [5, 5.41) is 7.92. The van der Waals surface area contributed by atoms with Gasteiger partial charge in [-0.25, -0.2) is 4.79 Å². The summed E-state index contributed by atoms with van der Waals surface area (Å²) in [7, 11) is 1.21. The Balaban J connectivity index is 3.06. The molecule has 8 N–H and O–H groups in total. The summed E-state index contributed by atoms with van der Waals surface area (Å²) in [6, 6.07) is 4.10. The number of benzene rings is 1. The molecule has 0 unspecified atom stereocenters. The Kier molecular flexibility index (Phi) is 14.3. The monoisotopic (exact) mass is 531 g/mol. The van der Waals surface area contributed by atoms with Crippen molar-refractivity contribution in [3.63, 3.8) is 0 Å². The van der Waals surface area contributed by atoms with Gasteiger partial charge < -0.3 is 25.4 Å². The maximum absolute atomic E-state index is 13.2. The van der Waals surface area contributed by atoms with E-state index < -0.39 is 41.8 Å². The molecule has 208 valence electrons. The number of nitrogens with one attached hydrogen (secondary N) is 4. The number of nitrogens with two attached hydrogens (primary N) is 2. The van der Waals surface area contributed by atoms with E-state index in [0.29, 0.717) is 25.3 Å². The Morgan fingerprint density at radius 2 is 1.61 bits per heavy atom. The molecule has 12 nitrogen and oxygen atoms in total. The first kappa shape index (κ1) is 31.7. The summed E-state index contributed by atoms with van der Waals surface area (Å²) < 4.78 is 10.2. The van der Waals surface area contributed by atoms with E-state index in [4.69, 9.17) is 20.9 Å². The minimum absolute atomic E-state index is 0.0263. The van der Waals surface area contributed by atoms with E-state index in [-0.39, 0.29) is 25.2 Å². The zero-order chi connectivity index (χ0) is 28.5. The molecule has 1 aromatic rings. The molecular formula is C26H39N6O6+. The number of carbonyl (C=O) groups excluding carboxylic acids is 4. The molecule has 0 radical (unpaired) electrons. The number of hydrogen-bond donors (Lipinski definition) is 6. The highest BCUT2D eigenvalue weighted by molar-refractivity contribution is 5.93. The molecule has 0 bridgehead atoms. The summed E-state index contributed by atoms with van der Waals surface area (Å²) in [5.74, 6) is -1.55. The van der Waals surface area contributed by atoms with Crippen molar-refractivity contribution in [1.82, 2.24) is 16.0 Å². The summed E-state index contributed by atoms with van der Waals surface area (Å²) in [6.07, 6.45) is 4.02. The lowest BCUT2D eigenvalue weighted by Crippen LogP contribution is -2.78. The maximum atomic E-state index is 13.2. The molecule has 1 aromatic carbocycles. The van der Waals surface area contributed by atoms with E-state index in [9.17, 15) is 19.2 Å². The molecule has 0 heterocycles. The van der Waals surface area contributed by atoms with Crippen molar-refractivity contribution in [3.8, 4) is 5.75 Å². The van der Waals surface area contributed by atoms with Gasteiger partial charge in [-0.2, -0.15) is 0 Å². The third kappa shape index (κ3) is 12.1.